The molecule has 0 fully saturated rings. The molecule has 3 nitrogen and oxygen atoms in total. The lowest BCUT2D eigenvalue weighted by molar-refractivity contribution is 0.303. The van der Waals surface area contributed by atoms with Crippen molar-refractivity contribution in [2.24, 2.45) is 0 Å². The maximum atomic E-state index is 13.2. The van der Waals surface area contributed by atoms with Gasteiger partial charge >= 0.3 is 0 Å². The highest BCUT2D eigenvalue weighted by Crippen LogP contribution is 2.20. The Balaban J connectivity index is 2.12. The van der Waals surface area contributed by atoms with E-state index in [4.69, 9.17) is 20.9 Å². The second-order valence-electron chi connectivity index (χ2n) is 3.70. The molecule has 98 valence electrons. The number of nitrogens with zero attached hydrogens (tertiary/aromatic N) is 1. The number of rotatable bonds is 4. The first kappa shape index (κ1) is 13.4. The average Bonchev–Trinajstić information content (AvgIpc) is 2.91. The van der Waals surface area contributed by atoms with Gasteiger partial charge in [0.15, 0.2) is 0 Å². The van der Waals surface area contributed by atoms with Crippen molar-refractivity contribution < 1.29 is 13.7 Å². The SMILES string of the molecule is Fc1ccc(OCc2cnoc2)c(C#CCCCl)c1. The van der Waals surface area contributed by atoms with E-state index in [9.17, 15) is 4.39 Å². The van der Waals surface area contributed by atoms with Crippen molar-refractivity contribution in [1.82, 2.24) is 5.16 Å². The van der Waals surface area contributed by atoms with Gasteiger partial charge < -0.3 is 9.26 Å². The molecule has 0 aliphatic heterocycles. The molecule has 0 aliphatic carbocycles. The van der Waals surface area contributed by atoms with E-state index in [0.29, 0.717) is 30.2 Å². The summed E-state index contributed by atoms with van der Waals surface area (Å²) in [6.07, 6.45) is 3.59. The van der Waals surface area contributed by atoms with Gasteiger partial charge in [0.2, 0.25) is 0 Å². The molecule has 0 unspecified atom stereocenters. The molecular weight excluding hydrogens is 269 g/mol. The predicted molar refractivity (Wildman–Crippen MR) is 69.5 cm³/mol. The quantitative estimate of drug-likeness (QED) is 0.636. The molecule has 0 saturated heterocycles. The zero-order valence-corrected chi connectivity index (χ0v) is 10.8. The Morgan fingerprint density at radius 2 is 2.32 bits per heavy atom. The molecule has 1 aromatic heterocycles. The Labute approximate surface area is 115 Å². The standard InChI is InChI=1S/C14H11ClFNO2/c15-6-2-1-3-12-7-13(16)4-5-14(12)18-9-11-8-17-19-10-11/h4-5,7-8,10H,2,6,9H2. The summed E-state index contributed by atoms with van der Waals surface area (Å²) in [5, 5.41) is 3.57. The van der Waals surface area contributed by atoms with Crippen LogP contribution < -0.4 is 4.74 Å². The number of hydrogen-bond donors (Lipinski definition) is 0. The van der Waals surface area contributed by atoms with Gasteiger partial charge in [0.25, 0.3) is 0 Å². The van der Waals surface area contributed by atoms with Crippen LogP contribution in [0.5, 0.6) is 5.75 Å². The Morgan fingerprint density at radius 1 is 1.42 bits per heavy atom. The lowest BCUT2D eigenvalue weighted by atomic mass is 10.2. The van der Waals surface area contributed by atoms with E-state index >= 15 is 0 Å². The van der Waals surface area contributed by atoms with Crippen molar-refractivity contribution in [1.29, 1.82) is 0 Å². The van der Waals surface area contributed by atoms with Gasteiger partial charge in [-0.15, -0.1) is 11.6 Å². The van der Waals surface area contributed by atoms with Crippen LogP contribution in [0.1, 0.15) is 17.5 Å². The smallest absolute Gasteiger partial charge is 0.135 e. The third-order valence-electron chi connectivity index (χ3n) is 2.26. The van der Waals surface area contributed by atoms with Gasteiger partial charge in [-0.2, -0.15) is 0 Å². The lowest BCUT2D eigenvalue weighted by Crippen LogP contribution is -1.96. The van der Waals surface area contributed by atoms with Gasteiger partial charge in [-0.25, -0.2) is 4.39 Å². The molecule has 0 radical (unpaired) electrons. The number of alkyl halides is 1. The minimum absolute atomic E-state index is 0.291. The molecule has 1 aromatic carbocycles. The summed E-state index contributed by atoms with van der Waals surface area (Å²) in [7, 11) is 0. The predicted octanol–water partition coefficient (Wildman–Crippen LogP) is 3.37. The molecule has 0 saturated carbocycles. The van der Waals surface area contributed by atoms with Gasteiger partial charge in [-0.3, -0.25) is 0 Å². The molecule has 5 heteroatoms. The third-order valence-corrected chi connectivity index (χ3v) is 2.45. The second kappa shape index (κ2) is 6.81. The van der Waals surface area contributed by atoms with Crippen LogP contribution in [0.15, 0.2) is 35.2 Å². The van der Waals surface area contributed by atoms with Crippen molar-refractivity contribution in [2.45, 2.75) is 13.0 Å². The summed E-state index contributed by atoms with van der Waals surface area (Å²) < 4.78 is 23.5. The Morgan fingerprint density at radius 3 is 3.05 bits per heavy atom. The summed E-state index contributed by atoms with van der Waals surface area (Å²) in [5.74, 6) is 6.31. The highest BCUT2D eigenvalue weighted by atomic mass is 35.5. The summed E-state index contributed by atoms with van der Waals surface area (Å²) in [6, 6.07) is 4.22. The number of aromatic nitrogens is 1. The van der Waals surface area contributed by atoms with Crippen LogP contribution in [-0.4, -0.2) is 11.0 Å². The maximum Gasteiger partial charge on any atom is 0.135 e. The van der Waals surface area contributed by atoms with Gasteiger partial charge in [-0.05, 0) is 18.2 Å². The van der Waals surface area contributed by atoms with Crippen molar-refractivity contribution in [3.05, 3.63) is 47.6 Å². The van der Waals surface area contributed by atoms with Crippen molar-refractivity contribution in [3.63, 3.8) is 0 Å². The summed E-state index contributed by atoms with van der Waals surface area (Å²) in [4.78, 5) is 0. The van der Waals surface area contributed by atoms with E-state index in [-0.39, 0.29) is 5.82 Å². The van der Waals surface area contributed by atoms with Crippen LogP contribution in [0, 0.1) is 17.7 Å². The molecule has 19 heavy (non-hydrogen) atoms. The van der Waals surface area contributed by atoms with Gasteiger partial charge in [0, 0.05) is 17.9 Å². The first-order valence-corrected chi connectivity index (χ1v) is 6.18. The van der Waals surface area contributed by atoms with E-state index in [1.54, 1.807) is 12.3 Å². The zero-order valence-electron chi connectivity index (χ0n) is 10.0. The Kier molecular flexibility index (Phi) is 4.82. The summed E-state index contributed by atoms with van der Waals surface area (Å²) in [5.41, 5.74) is 1.30. The van der Waals surface area contributed by atoms with Crippen LogP contribution >= 0.6 is 11.6 Å². The van der Waals surface area contributed by atoms with E-state index in [1.165, 1.54) is 18.4 Å². The normalized spacial score (nSPS) is 9.79. The van der Waals surface area contributed by atoms with Crippen molar-refractivity contribution in [3.8, 4) is 17.6 Å². The third kappa shape index (κ3) is 4.01. The minimum Gasteiger partial charge on any atom is -0.487 e. The first-order valence-electron chi connectivity index (χ1n) is 5.65. The van der Waals surface area contributed by atoms with Crippen LogP contribution in [0.25, 0.3) is 0 Å². The fraction of sp³-hybridized carbons (Fsp3) is 0.214. The van der Waals surface area contributed by atoms with E-state index in [2.05, 4.69) is 17.0 Å². The largest absolute Gasteiger partial charge is 0.487 e. The summed E-state index contributed by atoms with van der Waals surface area (Å²) >= 11 is 5.54. The van der Waals surface area contributed by atoms with Gasteiger partial charge in [-0.1, -0.05) is 17.0 Å². The monoisotopic (exact) mass is 279 g/mol. The average molecular weight is 280 g/mol. The van der Waals surface area contributed by atoms with E-state index in [1.807, 2.05) is 0 Å². The van der Waals surface area contributed by atoms with Gasteiger partial charge in [0.05, 0.1) is 11.8 Å². The number of benzene rings is 1. The molecule has 0 aliphatic rings. The van der Waals surface area contributed by atoms with E-state index in [0.717, 1.165) is 5.56 Å². The first-order chi connectivity index (χ1) is 9.29. The highest BCUT2D eigenvalue weighted by Gasteiger charge is 2.04. The summed E-state index contributed by atoms with van der Waals surface area (Å²) in [6.45, 7) is 0.291. The Bertz CT molecular complexity index is 587. The molecule has 0 atom stereocenters. The Hall–Kier alpha value is -1.99. The zero-order chi connectivity index (χ0) is 13.5. The molecular formula is C14H11ClFNO2. The molecule has 0 amide bonds. The fourth-order valence-electron chi connectivity index (χ4n) is 1.39. The molecule has 0 N–H and O–H groups in total. The van der Waals surface area contributed by atoms with Crippen molar-refractivity contribution in [2.75, 3.05) is 5.88 Å². The molecule has 1 heterocycles. The topological polar surface area (TPSA) is 35.3 Å². The van der Waals surface area contributed by atoms with Crippen LogP contribution in [0.3, 0.4) is 0 Å². The number of ether oxygens (including phenoxy) is 1. The van der Waals surface area contributed by atoms with Crippen LogP contribution in [0.4, 0.5) is 4.39 Å². The fourth-order valence-corrected chi connectivity index (χ4v) is 1.48. The minimum atomic E-state index is -0.354. The molecule has 0 spiro atoms. The van der Waals surface area contributed by atoms with Crippen molar-refractivity contribution >= 4 is 11.6 Å². The highest BCUT2D eigenvalue weighted by molar-refractivity contribution is 6.18. The second-order valence-corrected chi connectivity index (χ2v) is 4.08. The maximum absolute atomic E-state index is 13.2. The molecule has 2 aromatic rings. The molecule has 0 bridgehead atoms. The number of halogens is 2. The van der Waals surface area contributed by atoms with E-state index < -0.39 is 0 Å². The lowest BCUT2D eigenvalue weighted by Gasteiger charge is -2.06. The van der Waals surface area contributed by atoms with Gasteiger partial charge in [0.1, 0.15) is 24.4 Å². The number of hydrogen-bond acceptors (Lipinski definition) is 3. The van der Waals surface area contributed by atoms with Crippen LogP contribution in [-0.2, 0) is 6.61 Å². The van der Waals surface area contributed by atoms with Crippen LogP contribution in [0.2, 0.25) is 0 Å². The molecule has 2 rings (SSSR count).